The molecule has 0 bridgehead atoms. The van der Waals surface area contributed by atoms with Gasteiger partial charge in [0.2, 0.25) is 5.91 Å². The third kappa shape index (κ3) is 4.02. The van der Waals surface area contributed by atoms with E-state index in [1.54, 1.807) is 12.1 Å². The van der Waals surface area contributed by atoms with Gasteiger partial charge in [0, 0.05) is 19.5 Å². The Kier molecular flexibility index (Phi) is 5.49. The number of hydrogen-bond donors (Lipinski definition) is 2. The van der Waals surface area contributed by atoms with Crippen LogP contribution in [0.5, 0.6) is 0 Å². The van der Waals surface area contributed by atoms with Gasteiger partial charge in [-0.25, -0.2) is 4.39 Å². The third-order valence-electron chi connectivity index (χ3n) is 3.70. The normalized spacial score (nSPS) is 17.1. The second-order valence-electron chi connectivity index (χ2n) is 5.15. The predicted molar refractivity (Wildman–Crippen MR) is 76.6 cm³/mol. The van der Waals surface area contributed by atoms with Crippen molar-refractivity contribution >= 4 is 5.91 Å². The molecule has 1 unspecified atom stereocenters. The van der Waals surface area contributed by atoms with Gasteiger partial charge in [-0.05, 0) is 43.6 Å². The molecule has 0 aromatic heterocycles. The molecule has 0 radical (unpaired) electrons. The van der Waals surface area contributed by atoms with Gasteiger partial charge in [-0.15, -0.1) is 0 Å². The summed E-state index contributed by atoms with van der Waals surface area (Å²) in [5.74, 6) is -0.264. The highest BCUT2D eigenvalue weighted by Gasteiger charge is 2.23. The zero-order valence-corrected chi connectivity index (χ0v) is 11.6. The number of benzene rings is 1. The second kappa shape index (κ2) is 7.36. The van der Waals surface area contributed by atoms with Crippen molar-refractivity contribution in [2.24, 2.45) is 5.73 Å². The van der Waals surface area contributed by atoms with Crippen molar-refractivity contribution in [3.8, 4) is 0 Å². The lowest BCUT2D eigenvalue weighted by Crippen LogP contribution is -2.37. The van der Waals surface area contributed by atoms with E-state index in [1.165, 1.54) is 25.0 Å². The smallest absolute Gasteiger partial charge is 0.221 e. The van der Waals surface area contributed by atoms with Gasteiger partial charge in [0.05, 0.1) is 6.04 Å². The summed E-state index contributed by atoms with van der Waals surface area (Å²) in [7, 11) is 0. The molecule has 0 aliphatic carbocycles. The van der Waals surface area contributed by atoms with Crippen LogP contribution >= 0.6 is 0 Å². The molecule has 3 N–H and O–H groups in total. The van der Waals surface area contributed by atoms with E-state index in [2.05, 4.69) is 10.2 Å². The van der Waals surface area contributed by atoms with Crippen LogP contribution in [0.2, 0.25) is 0 Å². The minimum absolute atomic E-state index is 0.0289. The molecule has 0 spiro atoms. The molecule has 1 aliphatic rings. The Morgan fingerprint density at radius 2 is 1.95 bits per heavy atom. The van der Waals surface area contributed by atoms with Crippen LogP contribution in [0, 0.1) is 5.82 Å². The fourth-order valence-electron chi connectivity index (χ4n) is 2.63. The predicted octanol–water partition coefficient (Wildman–Crippen LogP) is 1.43. The maximum atomic E-state index is 13.0. The van der Waals surface area contributed by atoms with Gasteiger partial charge < -0.3 is 11.1 Å². The van der Waals surface area contributed by atoms with Crippen molar-refractivity contribution in [1.82, 2.24) is 10.2 Å². The molecule has 1 atom stereocenters. The van der Waals surface area contributed by atoms with Crippen LogP contribution in [-0.4, -0.2) is 37.0 Å². The largest absolute Gasteiger partial charge is 0.354 e. The minimum Gasteiger partial charge on any atom is -0.354 e. The van der Waals surface area contributed by atoms with E-state index in [0.29, 0.717) is 19.5 Å². The highest BCUT2D eigenvalue weighted by Crippen LogP contribution is 2.24. The maximum absolute atomic E-state index is 13.0. The van der Waals surface area contributed by atoms with Crippen molar-refractivity contribution in [2.45, 2.75) is 25.3 Å². The molecule has 1 heterocycles. The quantitative estimate of drug-likeness (QED) is 0.828. The Morgan fingerprint density at radius 1 is 1.30 bits per heavy atom. The zero-order valence-electron chi connectivity index (χ0n) is 11.6. The molecule has 1 saturated heterocycles. The average molecular weight is 279 g/mol. The zero-order chi connectivity index (χ0) is 14.4. The lowest BCUT2D eigenvalue weighted by molar-refractivity contribution is -0.121. The summed E-state index contributed by atoms with van der Waals surface area (Å²) < 4.78 is 13.0. The highest BCUT2D eigenvalue weighted by molar-refractivity contribution is 5.76. The Balaban J connectivity index is 2.04. The topological polar surface area (TPSA) is 58.4 Å². The first-order valence-electron chi connectivity index (χ1n) is 7.17. The maximum Gasteiger partial charge on any atom is 0.221 e. The highest BCUT2D eigenvalue weighted by atomic mass is 19.1. The number of rotatable bonds is 6. The van der Waals surface area contributed by atoms with Gasteiger partial charge >= 0.3 is 0 Å². The molecule has 5 heteroatoms. The van der Waals surface area contributed by atoms with E-state index in [-0.39, 0.29) is 17.8 Å². The molecule has 1 aromatic rings. The summed E-state index contributed by atoms with van der Waals surface area (Å²) in [5.41, 5.74) is 6.42. The van der Waals surface area contributed by atoms with Gasteiger partial charge in [0.15, 0.2) is 0 Å². The van der Waals surface area contributed by atoms with Gasteiger partial charge in [-0.1, -0.05) is 12.1 Å². The van der Waals surface area contributed by atoms with E-state index in [4.69, 9.17) is 5.73 Å². The number of nitrogens with zero attached hydrogens (tertiary/aromatic N) is 1. The molecule has 1 aliphatic heterocycles. The Morgan fingerprint density at radius 3 is 2.55 bits per heavy atom. The molecule has 1 amide bonds. The van der Waals surface area contributed by atoms with Gasteiger partial charge in [-0.3, -0.25) is 9.69 Å². The first kappa shape index (κ1) is 14.9. The molecule has 4 nitrogen and oxygen atoms in total. The standard InChI is InChI=1S/C15H22FN3O/c16-13-5-3-12(4-6-13)14(19-9-1-2-10-19)11-18-15(20)7-8-17/h3-6,14H,1-2,7-11,17H2,(H,18,20). The van der Waals surface area contributed by atoms with Crippen LogP contribution in [0.3, 0.4) is 0 Å². The fraction of sp³-hybridized carbons (Fsp3) is 0.533. The SMILES string of the molecule is NCCC(=O)NCC(c1ccc(F)cc1)N1CCCC1. The monoisotopic (exact) mass is 279 g/mol. The van der Waals surface area contributed by atoms with Crippen molar-refractivity contribution < 1.29 is 9.18 Å². The molecular weight excluding hydrogens is 257 g/mol. The van der Waals surface area contributed by atoms with Crippen molar-refractivity contribution in [3.63, 3.8) is 0 Å². The fourth-order valence-corrected chi connectivity index (χ4v) is 2.63. The molecule has 0 saturated carbocycles. The van der Waals surface area contributed by atoms with Crippen LogP contribution in [0.1, 0.15) is 30.9 Å². The number of carbonyl (C=O) groups is 1. The minimum atomic E-state index is -0.235. The number of nitrogens with one attached hydrogen (secondary N) is 1. The molecule has 1 fully saturated rings. The number of halogens is 1. The van der Waals surface area contributed by atoms with Crippen LogP contribution in [-0.2, 0) is 4.79 Å². The molecule has 1 aromatic carbocycles. The molecule has 2 rings (SSSR count). The van der Waals surface area contributed by atoms with Crippen LogP contribution < -0.4 is 11.1 Å². The van der Waals surface area contributed by atoms with E-state index < -0.39 is 0 Å². The Bertz CT molecular complexity index is 429. The van der Waals surface area contributed by atoms with E-state index in [1.807, 2.05) is 0 Å². The molecular formula is C15H22FN3O. The van der Waals surface area contributed by atoms with Gasteiger partial charge in [0.1, 0.15) is 5.82 Å². The number of likely N-dealkylation sites (tertiary alicyclic amines) is 1. The molecule has 110 valence electrons. The number of hydrogen-bond acceptors (Lipinski definition) is 3. The number of amides is 1. The van der Waals surface area contributed by atoms with Gasteiger partial charge in [0.25, 0.3) is 0 Å². The Labute approximate surface area is 119 Å². The van der Waals surface area contributed by atoms with E-state index >= 15 is 0 Å². The summed E-state index contributed by atoms with van der Waals surface area (Å²) >= 11 is 0. The summed E-state index contributed by atoms with van der Waals surface area (Å²) in [6.45, 7) is 2.95. The van der Waals surface area contributed by atoms with E-state index in [9.17, 15) is 9.18 Å². The summed E-state index contributed by atoms with van der Waals surface area (Å²) in [5, 5.41) is 2.92. The summed E-state index contributed by atoms with van der Waals surface area (Å²) in [6, 6.07) is 6.65. The first-order valence-corrected chi connectivity index (χ1v) is 7.17. The van der Waals surface area contributed by atoms with E-state index in [0.717, 1.165) is 18.7 Å². The summed E-state index contributed by atoms with van der Waals surface area (Å²) in [6.07, 6.45) is 2.69. The van der Waals surface area contributed by atoms with Crippen molar-refractivity contribution in [1.29, 1.82) is 0 Å². The van der Waals surface area contributed by atoms with Crippen LogP contribution in [0.4, 0.5) is 4.39 Å². The lowest BCUT2D eigenvalue weighted by atomic mass is 10.1. The Hall–Kier alpha value is -1.46. The summed E-state index contributed by atoms with van der Waals surface area (Å²) in [4.78, 5) is 13.9. The van der Waals surface area contributed by atoms with Gasteiger partial charge in [-0.2, -0.15) is 0 Å². The third-order valence-corrected chi connectivity index (χ3v) is 3.70. The lowest BCUT2D eigenvalue weighted by Gasteiger charge is -2.28. The first-order chi connectivity index (χ1) is 9.70. The van der Waals surface area contributed by atoms with Crippen molar-refractivity contribution in [3.05, 3.63) is 35.6 Å². The van der Waals surface area contributed by atoms with Crippen LogP contribution in [0.25, 0.3) is 0 Å². The number of carbonyl (C=O) groups excluding carboxylic acids is 1. The number of nitrogens with two attached hydrogens (primary N) is 1. The molecule has 20 heavy (non-hydrogen) atoms. The van der Waals surface area contributed by atoms with Crippen LogP contribution in [0.15, 0.2) is 24.3 Å². The average Bonchev–Trinajstić information content (AvgIpc) is 2.95. The van der Waals surface area contributed by atoms with Crippen molar-refractivity contribution in [2.75, 3.05) is 26.2 Å². The second-order valence-corrected chi connectivity index (χ2v) is 5.15.